The number of hydrogen-bond donors (Lipinski definition) is 4. The first-order valence-corrected chi connectivity index (χ1v) is 9.04. The van der Waals surface area contributed by atoms with Crippen LogP contribution in [-0.2, 0) is 22.6 Å². The maximum absolute atomic E-state index is 12.3. The van der Waals surface area contributed by atoms with Gasteiger partial charge in [0, 0.05) is 29.6 Å². The number of carboxylic acids is 1. The summed E-state index contributed by atoms with van der Waals surface area (Å²) < 4.78 is 0. The Morgan fingerprint density at radius 2 is 1.83 bits per heavy atom. The number of aromatic hydroxyl groups is 1. The zero-order valence-electron chi connectivity index (χ0n) is 16.0. The summed E-state index contributed by atoms with van der Waals surface area (Å²) in [4.78, 5) is 37.7. The summed E-state index contributed by atoms with van der Waals surface area (Å²) >= 11 is 0. The molecule has 0 saturated heterocycles. The van der Waals surface area contributed by atoms with E-state index in [1.807, 2.05) is 0 Å². The lowest BCUT2D eigenvalue weighted by Gasteiger charge is -2.14. The van der Waals surface area contributed by atoms with E-state index in [1.165, 1.54) is 12.1 Å². The third-order valence-corrected chi connectivity index (χ3v) is 4.10. The van der Waals surface area contributed by atoms with Crippen LogP contribution in [0.5, 0.6) is 5.75 Å². The second-order valence-corrected chi connectivity index (χ2v) is 6.50. The van der Waals surface area contributed by atoms with Gasteiger partial charge in [0.05, 0.1) is 12.8 Å². The quantitative estimate of drug-likeness (QED) is 0.267. The largest absolute Gasteiger partial charge is 0.508 e. The molecule has 2 amide bonds. The Balaban J connectivity index is 1.88. The van der Waals surface area contributed by atoms with Crippen LogP contribution in [0.2, 0.25) is 0 Å². The molecule has 0 aromatic heterocycles. The number of azide groups is 1. The van der Waals surface area contributed by atoms with Crippen molar-refractivity contribution in [3.8, 4) is 5.75 Å². The topological polar surface area (TPSA) is 164 Å². The highest BCUT2D eigenvalue weighted by molar-refractivity contribution is 5.94. The second-order valence-electron chi connectivity index (χ2n) is 6.50. The van der Waals surface area contributed by atoms with Crippen molar-refractivity contribution in [3.63, 3.8) is 0 Å². The van der Waals surface area contributed by atoms with Crippen molar-refractivity contribution in [2.75, 3.05) is 6.54 Å². The van der Waals surface area contributed by atoms with E-state index >= 15 is 0 Å². The molecular formula is C20H21N5O5. The van der Waals surface area contributed by atoms with Crippen molar-refractivity contribution >= 4 is 17.8 Å². The molecule has 0 aliphatic carbocycles. The third kappa shape index (κ3) is 7.53. The highest BCUT2D eigenvalue weighted by atomic mass is 16.4. The number of phenols is 1. The summed E-state index contributed by atoms with van der Waals surface area (Å²) in [6.45, 7) is 0.0932. The van der Waals surface area contributed by atoms with E-state index in [4.69, 9.17) is 10.6 Å². The summed E-state index contributed by atoms with van der Waals surface area (Å²) in [5, 5.41) is 26.9. The highest BCUT2D eigenvalue weighted by Crippen LogP contribution is 2.11. The predicted molar refractivity (Wildman–Crippen MR) is 108 cm³/mol. The lowest BCUT2D eigenvalue weighted by atomic mass is 10.1. The first-order chi connectivity index (χ1) is 14.4. The van der Waals surface area contributed by atoms with Gasteiger partial charge in [-0.1, -0.05) is 29.4 Å². The second kappa shape index (κ2) is 11.1. The number of carbonyl (C=O) groups is 3. The van der Waals surface area contributed by atoms with Gasteiger partial charge in [-0.3, -0.25) is 14.4 Å². The summed E-state index contributed by atoms with van der Waals surface area (Å²) in [7, 11) is 0. The molecule has 0 bridgehead atoms. The Morgan fingerprint density at radius 1 is 1.10 bits per heavy atom. The van der Waals surface area contributed by atoms with Crippen LogP contribution < -0.4 is 10.6 Å². The average Bonchev–Trinajstić information content (AvgIpc) is 2.70. The highest BCUT2D eigenvalue weighted by Gasteiger charge is 2.16. The molecule has 2 rings (SSSR count). The number of nitrogens with zero attached hydrogens (tertiary/aromatic N) is 3. The summed E-state index contributed by atoms with van der Waals surface area (Å²) in [6, 6.07) is 12.1. The van der Waals surface area contributed by atoms with Crippen LogP contribution in [0.4, 0.5) is 0 Å². The van der Waals surface area contributed by atoms with E-state index in [0.29, 0.717) is 11.1 Å². The molecule has 2 aromatic rings. The van der Waals surface area contributed by atoms with Crippen LogP contribution in [0.25, 0.3) is 10.4 Å². The maximum Gasteiger partial charge on any atom is 0.305 e. The first-order valence-electron chi connectivity index (χ1n) is 9.04. The molecule has 0 fully saturated rings. The smallest absolute Gasteiger partial charge is 0.305 e. The zero-order chi connectivity index (χ0) is 21.9. The maximum atomic E-state index is 12.3. The van der Waals surface area contributed by atoms with Crippen molar-refractivity contribution in [1.29, 1.82) is 0 Å². The van der Waals surface area contributed by atoms with E-state index in [-0.39, 0.29) is 37.6 Å². The van der Waals surface area contributed by atoms with E-state index in [2.05, 4.69) is 20.7 Å². The average molecular weight is 411 g/mol. The number of benzene rings is 2. The molecule has 0 aliphatic heterocycles. The Kier molecular flexibility index (Phi) is 8.22. The summed E-state index contributed by atoms with van der Waals surface area (Å²) in [5.74, 6) is -1.73. The van der Waals surface area contributed by atoms with Gasteiger partial charge in [-0.25, -0.2) is 0 Å². The van der Waals surface area contributed by atoms with Crippen molar-refractivity contribution in [3.05, 3.63) is 75.7 Å². The zero-order valence-corrected chi connectivity index (χ0v) is 16.0. The number of rotatable bonds is 10. The lowest BCUT2D eigenvalue weighted by Crippen LogP contribution is -2.38. The van der Waals surface area contributed by atoms with Gasteiger partial charge in [-0.15, -0.1) is 0 Å². The van der Waals surface area contributed by atoms with Crippen molar-refractivity contribution in [1.82, 2.24) is 10.6 Å². The third-order valence-electron chi connectivity index (χ3n) is 4.10. The Labute approximate surface area is 172 Å². The first kappa shape index (κ1) is 22.3. The fraction of sp³-hybridized carbons (Fsp3) is 0.250. The van der Waals surface area contributed by atoms with E-state index < -0.39 is 17.9 Å². The van der Waals surface area contributed by atoms with Crippen LogP contribution in [0.15, 0.2) is 53.6 Å². The number of carbonyl (C=O) groups excluding carboxylic acids is 2. The number of amides is 2. The number of carboxylic acid groups (broad SMARTS) is 1. The molecule has 4 N–H and O–H groups in total. The predicted octanol–water partition coefficient (Wildman–Crippen LogP) is 2.13. The Morgan fingerprint density at radius 3 is 2.47 bits per heavy atom. The van der Waals surface area contributed by atoms with Gasteiger partial charge in [0.1, 0.15) is 5.75 Å². The van der Waals surface area contributed by atoms with Crippen LogP contribution in [-0.4, -0.2) is 40.6 Å². The molecule has 30 heavy (non-hydrogen) atoms. The molecule has 0 heterocycles. The fourth-order valence-corrected chi connectivity index (χ4v) is 2.66. The van der Waals surface area contributed by atoms with Gasteiger partial charge in [0.15, 0.2) is 0 Å². The molecule has 0 radical (unpaired) electrons. The van der Waals surface area contributed by atoms with Crippen LogP contribution >= 0.6 is 0 Å². The minimum atomic E-state index is -1.12. The van der Waals surface area contributed by atoms with Gasteiger partial charge >= 0.3 is 5.97 Å². The molecule has 10 nitrogen and oxygen atoms in total. The van der Waals surface area contributed by atoms with Crippen LogP contribution in [0.1, 0.15) is 27.9 Å². The molecule has 1 atom stereocenters. The molecule has 0 saturated carbocycles. The number of hydrogen-bond acceptors (Lipinski definition) is 5. The fourth-order valence-electron chi connectivity index (χ4n) is 2.66. The van der Waals surface area contributed by atoms with Crippen molar-refractivity contribution in [2.45, 2.75) is 25.4 Å². The number of nitrogens with one attached hydrogen (secondary N) is 2. The normalized spacial score (nSPS) is 11.1. The van der Waals surface area contributed by atoms with E-state index in [0.717, 1.165) is 5.56 Å². The summed E-state index contributed by atoms with van der Waals surface area (Å²) in [5.41, 5.74) is 10.1. The van der Waals surface area contributed by atoms with Crippen LogP contribution in [0, 0.1) is 0 Å². The number of aliphatic carboxylic acids is 1. The lowest BCUT2D eigenvalue weighted by molar-refractivity contribution is -0.137. The number of phenolic OH excluding ortho intramolecular Hbond substituents is 1. The molecule has 0 unspecified atom stereocenters. The molecule has 0 aliphatic rings. The van der Waals surface area contributed by atoms with E-state index in [9.17, 15) is 19.5 Å². The van der Waals surface area contributed by atoms with E-state index in [1.54, 1.807) is 36.4 Å². The van der Waals surface area contributed by atoms with Gasteiger partial charge in [0.2, 0.25) is 5.91 Å². The van der Waals surface area contributed by atoms with Gasteiger partial charge in [-0.05, 0) is 40.9 Å². The van der Waals surface area contributed by atoms with Crippen LogP contribution in [0.3, 0.4) is 0 Å². The minimum Gasteiger partial charge on any atom is -0.508 e. The molecule has 0 spiro atoms. The standard InChI is InChI=1S/C20H21N5O5/c21-25-23-12-16(10-19(28)29)24-20(30)15-6-4-13(5-7-15)11-22-18(27)9-14-2-1-3-17(26)8-14/h1-8,16,26H,9-12H2,(H,22,27)(H,24,30)(H,28,29)/t16-/m0/s1. The molecule has 2 aromatic carbocycles. The van der Waals surface area contributed by atoms with Crippen molar-refractivity contribution < 1.29 is 24.6 Å². The molecule has 156 valence electrons. The molecular weight excluding hydrogens is 390 g/mol. The van der Waals surface area contributed by atoms with Gasteiger partial charge in [-0.2, -0.15) is 0 Å². The van der Waals surface area contributed by atoms with Crippen molar-refractivity contribution in [2.24, 2.45) is 5.11 Å². The summed E-state index contributed by atoms with van der Waals surface area (Å²) in [6.07, 6.45) is -0.237. The monoisotopic (exact) mass is 411 g/mol. The Bertz CT molecular complexity index is 950. The molecule has 10 heteroatoms. The Hall–Kier alpha value is -4.04. The minimum absolute atomic E-state index is 0.0965. The van der Waals surface area contributed by atoms with Gasteiger partial charge < -0.3 is 20.8 Å². The van der Waals surface area contributed by atoms with Gasteiger partial charge in [0.25, 0.3) is 5.91 Å². The SMILES string of the molecule is [N-]=[N+]=NC[C@H](CC(=O)O)NC(=O)c1ccc(CNC(=O)Cc2cccc(O)c2)cc1.